The van der Waals surface area contributed by atoms with E-state index in [1.54, 1.807) is 4.90 Å². The van der Waals surface area contributed by atoms with E-state index < -0.39 is 0 Å². The maximum atomic E-state index is 10.5. The molecule has 0 aromatic carbocycles. The Bertz CT molecular complexity index is 740. The average Bonchev–Trinajstić information content (AvgIpc) is 3.09. The van der Waals surface area contributed by atoms with Gasteiger partial charge in [0, 0.05) is 6.67 Å². The molecule has 0 spiro atoms. The monoisotopic (exact) mass is 446 g/mol. The number of likely N-dealkylation sites (N-methyl/N-ethyl adjacent to an activating group) is 1. The number of aliphatic hydroxyl groups is 1. The van der Waals surface area contributed by atoms with Crippen LogP contribution in [0.4, 0.5) is 0 Å². The van der Waals surface area contributed by atoms with E-state index in [4.69, 9.17) is 5.73 Å². The fourth-order valence-electron chi connectivity index (χ4n) is 7.66. The minimum Gasteiger partial charge on any atom is -0.389 e. The van der Waals surface area contributed by atoms with Crippen LogP contribution in [-0.4, -0.2) is 61.4 Å². The molecule has 4 rings (SSSR count). The Morgan fingerprint density at radius 1 is 1.31 bits per heavy atom. The molecule has 0 aromatic rings. The van der Waals surface area contributed by atoms with E-state index in [1.807, 2.05) is 0 Å². The quantitative estimate of drug-likeness (QED) is 0.413. The number of fused-ring (bicyclic) bond motifs is 2. The number of allylic oxidation sites excluding steroid dienone is 1. The Hall–Kier alpha value is -0.760. The lowest BCUT2D eigenvalue weighted by molar-refractivity contribution is -0.913. The Balaban J connectivity index is 1.41. The number of aliphatic hydroxyl groups excluding tert-OH is 1. The van der Waals surface area contributed by atoms with Crippen molar-refractivity contribution >= 4 is 0 Å². The van der Waals surface area contributed by atoms with Crippen molar-refractivity contribution < 1.29 is 10.0 Å². The van der Waals surface area contributed by atoms with Gasteiger partial charge in [-0.25, -0.2) is 4.90 Å². The van der Waals surface area contributed by atoms with Crippen LogP contribution in [0.25, 0.3) is 0 Å². The van der Waals surface area contributed by atoms with Gasteiger partial charge in [-0.3, -0.25) is 10.6 Å². The normalized spacial score (nSPS) is 47.9. The van der Waals surface area contributed by atoms with Gasteiger partial charge in [0.15, 0.2) is 0 Å². The van der Waals surface area contributed by atoms with Gasteiger partial charge in [-0.15, -0.1) is 0 Å². The second kappa shape index (κ2) is 9.12. The lowest BCUT2D eigenvalue weighted by Gasteiger charge is -2.59. The third kappa shape index (κ3) is 4.12. The van der Waals surface area contributed by atoms with Gasteiger partial charge in [0.25, 0.3) is 0 Å². The van der Waals surface area contributed by atoms with E-state index in [9.17, 15) is 5.11 Å². The van der Waals surface area contributed by atoms with Crippen molar-refractivity contribution in [3.05, 3.63) is 23.8 Å². The zero-order valence-electron chi connectivity index (χ0n) is 21.1. The Labute approximate surface area is 195 Å². The third-order valence-electron chi connectivity index (χ3n) is 10.2. The largest absolute Gasteiger partial charge is 0.389 e. The van der Waals surface area contributed by atoms with E-state index in [0.717, 1.165) is 44.7 Å². The Morgan fingerprint density at radius 3 is 2.81 bits per heavy atom. The molecule has 4 aliphatic rings. The average molecular weight is 447 g/mol. The summed E-state index contributed by atoms with van der Waals surface area (Å²) in [7, 11) is 2.20. The Kier molecular flexibility index (Phi) is 6.95. The molecular formula is C26H48N5O+. The van der Waals surface area contributed by atoms with Gasteiger partial charge in [-0.1, -0.05) is 32.9 Å². The second-order valence-corrected chi connectivity index (χ2v) is 11.9. The number of hydrogen-bond donors (Lipinski definition) is 5. The molecule has 2 saturated carbocycles. The summed E-state index contributed by atoms with van der Waals surface area (Å²) >= 11 is 0. The highest BCUT2D eigenvalue weighted by Gasteiger charge is 2.55. The number of nitrogens with two attached hydrogens (primary N) is 1. The molecule has 32 heavy (non-hydrogen) atoms. The molecule has 9 atom stereocenters. The molecule has 0 aromatic heterocycles. The molecule has 0 amide bonds. The molecule has 0 radical (unpaired) electrons. The summed E-state index contributed by atoms with van der Waals surface area (Å²) in [5, 5.41) is 17.4. The standard InChI is InChI=1S/C26H47N5O/c1-17(11-14-31-16-30(6)24-22(31)23(27)28-15-29-24)9-12-25(4)18(2)10-13-26(5)19(3)20(32)7-8-21(25)26/h11,18,20-24,28-29,32H,3,7-10,12-16,27H2,1-2,4-6H3/p+1/t18-,20+,21-,22?,23?,24?,25+,26-/m0/s1. The van der Waals surface area contributed by atoms with E-state index in [-0.39, 0.29) is 17.7 Å². The van der Waals surface area contributed by atoms with Crippen molar-refractivity contribution in [2.24, 2.45) is 28.4 Å². The van der Waals surface area contributed by atoms with Crippen molar-refractivity contribution in [1.29, 1.82) is 0 Å². The SMILES string of the molecule is C=C1[C@H](O)CC[C@H]2[C@](C)(CCC(C)=CC[NH+]3CN(C)C4NCNC(N)C43)[C@@H](C)CC[C@@]12C. The summed E-state index contributed by atoms with van der Waals surface area (Å²) < 4.78 is 0. The highest BCUT2D eigenvalue weighted by molar-refractivity contribution is 5.23. The zero-order valence-corrected chi connectivity index (χ0v) is 21.1. The minimum absolute atomic E-state index is 0.0457. The van der Waals surface area contributed by atoms with E-state index >= 15 is 0 Å². The van der Waals surface area contributed by atoms with Gasteiger partial charge < -0.3 is 15.7 Å². The molecule has 0 bridgehead atoms. The molecule has 2 aliphatic heterocycles. The predicted octanol–water partition coefficient (Wildman–Crippen LogP) is 1.40. The van der Waals surface area contributed by atoms with E-state index in [2.05, 4.69) is 62.9 Å². The minimum atomic E-state index is -0.309. The maximum Gasteiger partial charge on any atom is 0.147 e. The maximum absolute atomic E-state index is 10.5. The molecule has 2 heterocycles. The number of hydrogen-bond acceptors (Lipinski definition) is 5. The summed E-state index contributed by atoms with van der Waals surface area (Å²) in [6.07, 6.45) is 9.38. The highest BCUT2D eigenvalue weighted by Crippen LogP contribution is 2.62. The van der Waals surface area contributed by atoms with Gasteiger partial charge in [-0.2, -0.15) is 0 Å². The van der Waals surface area contributed by atoms with Crippen LogP contribution in [0.2, 0.25) is 0 Å². The molecular weight excluding hydrogens is 398 g/mol. The molecule has 2 saturated heterocycles. The van der Waals surface area contributed by atoms with Crippen molar-refractivity contribution in [3.8, 4) is 0 Å². The predicted molar refractivity (Wildman–Crippen MR) is 131 cm³/mol. The van der Waals surface area contributed by atoms with E-state index in [0.29, 0.717) is 29.5 Å². The lowest BCUT2D eigenvalue weighted by atomic mass is 9.46. The fraction of sp³-hybridized carbons (Fsp3) is 0.846. The van der Waals surface area contributed by atoms with Crippen LogP contribution in [0, 0.1) is 22.7 Å². The van der Waals surface area contributed by atoms with Gasteiger partial charge in [0.05, 0.1) is 12.6 Å². The van der Waals surface area contributed by atoms with Crippen molar-refractivity contribution in [1.82, 2.24) is 15.5 Å². The van der Waals surface area contributed by atoms with Crippen LogP contribution in [0.15, 0.2) is 23.8 Å². The lowest BCUT2D eigenvalue weighted by Crippen LogP contribution is -3.17. The van der Waals surface area contributed by atoms with E-state index in [1.165, 1.54) is 24.8 Å². The number of quaternary nitrogens is 1. The molecule has 2 aliphatic carbocycles. The fourth-order valence-corrected chi connectivity index (χ4v) is 7.66. The van der Waals surface area contributed by atoms with Crippen molar-refractivity contribution in [2.75, 3.05) is 26.9 Å². The first-order valence-corrected chi connectivity index (χ1v) is 12.9. The van der Waals surface area contributed by atoms with Crippen molar-refractivity contribution in [3.63, 3.8) is 0 Å². The van der Waals surface area contributed by atoms with Crippen LogP contribution in [0.3, 0.4) is 0 Å². The van der Waals surface area contributed by atoms with Crippen molar-refractivity contribution in [2.45, 2.75) is 90.7 Å². The molecule has 182 valence electrons. The molecule has 6 nitrogen and oxygen atoms in total. The third-order valence-corrected chi connectivity index (χ3v) is 10.2. The summed E-state index contributed by atoms with van der Waals surface area (Å²) in [6.45, 7) is 16.9. The van der Waals surface area contributed by atoms with Crippen LogP contribution in [0.5, 0.6) is 0 Å². The van der Waals surface area contributed by atoms with Gasteiger partial charge in [-0.05, 0) is 86.8 Å². The molecule has 4 fully saturated rings. The van der Waals surface area contributed by atoms with Gasteiger partial charge in [0.2, 0.25) is 0 Å². The summed E-state index contributed by atoms with van der Waals surface area (Å²) in [4.78, 5) is 3.95. The van der Waals surface area contributed by atoms with Gasteiger partial charge in [0.1, 0.15) is 25.0 Å². The molecule has 6 heteroatoms. The topological polar surface area (TPSA) is 78.0 Å². The molecule has 6 N–H and O–H groups in total. The smallest absolute Gasteiger partial charge is 0.147 e. The van der Waals surface area contributed by atoms with Crippen LogP contribution >= 0.6 is 0 Å². The zero-order chi connectivity index (χ0) is 23.3. The summed E-state index contributed by atoms with van der Waals surface area (Å²) in [6, 6.07) is 0.383. The van der Waals surface area contributed by atoms with Gasteiger partial charge >= 0.3 is 0 Å². The number of nitrogens with zero attached hydrogens (tertiary/aromatic N) is 1. The summed E-state index contributed by atoms with van der Waals surface area (Å²) in [5.74, 6) is 1.34. The number of nitrogens with one attached hydrogen (secondary N) is 3. The first kappa shape index (κ1) is 24.4. The molecule has 4 unspecified atom stereocenters. The first-order valence-electron chi connectivity index (χ1n) is 12.9. The summed E-state index contributed by atoms with van der Waals surface area (Å²) in [5.41, 5.74) is 9.41. The van der Waals surface area contributed by atoms with Crippen LogP contribution in [0.1, 0.15) is 66.2 Å². The second-order valence-electron chi connectivity index (χ2n) is 11.9. The first-order chi connectivity index (χ1) is 15.1. The highest BCUT2D eigenvalue weighted by atomic mass is 16.3. The van der Waals surface area contributed by atoms with Crippen LogP contribution < -0.4 is 21.3 Å². The number of rotatable bonds is 5. The Morgan fingerprint density at radius 2 is 2.06 bits per heavy atom. The van der Waals surface area contributed by atoms with Crippen LogP contribution in [-0.2, 0) is 0 Å².